The van der Waals surface area contributed by atoms with Gasteiger partial charge in [0.05, 0.1) is 5.02 Å². The van der Waals surface area contributed by atoms with Gasteiger partial charge in [-0.25, -0.2) is 17.5 Å². The van der Waals surface area contributed by atoms with E-state index in [1.807, 2.05) is 6.92 Å². The summed E-state index contributed by atoms with van der Waals surface area (Å²) in [5.74, 6) is -0.510. The fraction of sp³-hybridized carbons (Fsp3) is 0.538. The van der Waals surface area contributed by atoms with Crippen LogP contribution in [0.5, 0.6) is 0 Å². The summed E-state index contributed by atoms with van der Waals surface area (Å²) in [5, 5.41) is 3.16. The molecule has 4 nitrogen and oxygen atoms in total. The zero-order chi connectivity index (χ0) is 14.9. The molecule has 2 N–H and O–H groups in total. The van der Waals surface area contributed by atoms with Gasteiger partial charge in [-0.15, -0.1) is 12.4 Å². The zero-order valence-electron chi connectivity index (χ0n) is 11.8. The van der Waals surface area contributed by atoms with E-state index in [9.17, 15) is 12.8 Å². The molecule has 2 atom stereocenters. The first kappa shape index (κ1) is 18.6. The summed E-state index contributed by atoms with van der Waals surface area (Å²) in [6.07, 6.45) is 1.44. The van der Waals surface area contributed by atoms with Gasteiger partial charge in [-0.1, -0.05) is 11.6 Å². The number of hydrogen-bond donors (Lipinski definition) is 2. The number of rotatable bonds is 3. The minimum absolute atomic E-state index is 0. The molecule has 0 bridgehead atoms. The summed E-state index contributed by atoms with van der Waals surface area (Å²) < 4.78 is 40.7. The maximum Gasteiger partial charge on any atom is 0.242 e. The molecule has 1 saturated heterocycles. The predicted molar refractivity (Wildman–Crippen MR) is 84.2 cm³/mol. The first-order valence-electron chi connectivity index (χ1n) is 6.51. The number of nitrogens with one attached hydrogen (secondary N) is 2. The molecule has 0 aliphatic carbocycles. The molecule has 0 radical (unpaired) electrons. The Morgan fingerprint density at radius 1 is 1.43 bits per heavy atom. The third-order valence-corrected chi connectivity index (χ3v) is 5.43. The summed E-state index contributed by atoms with van der Waals surface area (Å²) in [6, 6.07) is 2.45. The van der Waals surface area contributed by atoms with Gasteiger partial charge in [0.15, 0.2) is 0 Å². The van der Waals surface area contributed by atoms with Crippen LogP contribution in [0.1, 0.15) is 25.3 Å². The highest BCUT2D eigenvalue weighted by Gasteiger charge is 2.26. The van der Waals surface area contributed by atoms with E-state index < -0.39 is 15.8 Å². The molecule has 0 aromatic heterocycles. The Bertz CT molecular complexity index is 610. The minimum Gasteiger partial charge on any atom is -0.314 e. The quantitative estimate of drug-likeness (QED) is 0.874. The van der Waals surface area contributed by atoms with Crippen molar-refractivity contribution in [2.75, 3.05) is 6.54 Å². The Morgan fingerprint density at radius 3 is 2.71 bits per heavy atom. The van der Waals surface area contributed by atoms with Crippen LogP contribution in [-0.2, 0) is 10.0 Å². The van der Waals surface area contributed by atoms with E-state index in [2.05, 4.69) is 10.0 Å². The monoisotopic (exact) mass is 356 g/mol. The van der Waals surface area contributed by atoms with Crippen molar-refractivity contribution >= 4 is 34.0 Å². The molecular weight excluding hydrogens is 338 g/mol. The first-order chi connectivity index (χ1) is 9.29. The van der Waals surface area contributed by atoms with Crippen LogP contribution in [0.4, 0.5) is 4.39 Å². The van der Waals surface area contributed by atoms with E-state index in [0.29, 0.717) is 0 Å². The van der Waals surface area contributed by atoms with Crippen LogP contribution in [-0.4, -0.2) is 27.0 Å². The maximum absolute atomic E-state index is 13.3. The van der Waals surface area contributed by atoms with Gasteiger partial charge in [-0.3, -0.25) is 0 Å². The van der Waals surface area contributed by atoms with Crippen molar-refractivity contribution in [1.82, 2.24) is 10.0 Å². The molecule has 120 valence electrons. The molecule has 1 fully saturated rings. The zero-order valence-corrected chi connectivity index (χ0v) is 14.2. The van der Waals surface area contributed by atoms with Crippen molar-refractivity contribution in [3.05, 3.63) is 28.5 Å². The number of piperidine rings is 1. The van der Waals surface area contributed by atoms with Crippen molar-refractivity contribution in [1.29, 1.82) is 0 Å². The molecule has 0 amide bonds. The Kier molecular flexibility index (Phi) is 6.43. The number of halogens is 3. The number of sulfonamides is 1. The lowest BCUT2D eigenvalue weighted by Crippen LogP contribution is -2.46. The largest absolute Gasteiger partial charge is 0.314 e. The second kappa shape index (κ2) is 7.24. The second-order valence-electron chi connectivity index (χ2n) is 5.23. The third kappa shape index (κ3) is 4.53. The predicted octanol–water partition coefficient (Wildman–Crippen LogP) is 2.63. The molecule has 1 aromatic carbocycles. The molecule has 1 heterocycles. The van der Waals surface area contributed by atoms with Gasteiger partial charge in [0, 0.05) is 12.1 Å². The van der Waals surface area contributed by atoms with Gasteiger partial charge in [-0.2, -0.15) is 0 Å². The molecule has 1 aliphatic rings. The van der Waals surface area contributed by atoms with Gasteiger partial charge in [0.1, 0.15) is 10.7 Å². The second-order valence-corrected chi connectivity index (χ2v) is 7.32. The summed E-state index contributed by atoms with van der Waals surface area (Å²) in [7, 11) is -3.73. The Balaban J connectivity index is 0.00000220. The summed E-state index contributed by atoms with van der Waals surface area (Å²) in [6.45, 7) is 4.29. The summed E-state index contributed by atoms with van der Waals surface area (Å²) in [5.41, 5.74) is 0.258. The van der Waals surface area contributed by atoms with Gasteiger partial charge in [-0.05, 0) is 50.9 Å². The number of benzene rings is 1. The highest BCUT2D eigenvalue weighted by atomic mass is 35.5. The van der Waals surface area contributed by atoms with Crippen molar-refractivity contribution in [3.8, 4) is 0 Å². The normalized spacial score (nSPS) is 22.7. The molecule has 21 heavy (non-hydrogen) atoms. The highest BCUT2D eigenvalue weighted by molar-refractivity contribution is 7.89. The van der Waals surface area contributed by atoms with E-state index in [4.69, 9.17) is 11.6 Å². The number of aryl methyl sites for hydroxylation is 1. The van der Waals surface area contributed by atoms with Crippen LogP contribution >= 0.6 is 24.0 Å². The van der Waals surface area contributed by atoms with Crippen molar-refractivity contribution < 1.29 is 12.8 Å². The summed E-state index contributed by atoms with van der Waals surface area (Å²) >= 11 is 5.86. The standard InChI is InChI=1S/C13H18ClFN2O2S.ClH/c1-8-5-13(11(14)7-12(8)15)20(18,19)17-10-3-4-16-9(2)6-10;/h5,7,9-10,16-17H,3-4,6H2,1-2H3;1H. The molecular formula is C13H19Cl2FN2O2S. The lowest BCUT2D eigenvalue weighted by Gasteiger charge is -2.28. The lowest BCUT2D eigenvalue weighted by molar-refractivity contribution is 0.361. The molecule has 2 rings (SSSR count). The SMILES string of the molecule is Cc1cc(S(=O)(=O)NC2CCNC(C)C2)c(Cl)cc1F.Cl. The van der Waals surface area contributed by atoms with Crippen LogP contribution in [0.2, 0.25) is 5.02 Å². The van der Waals surface area contributed by atoms with Crippen LogP contribution in [0.15, 0.2) is 17.0 Å². The Labute approximate surface area is 135 Å². The van der Waals surface area contributed by atoms with E-state index in [1.54, 1.807) is 0 Å². The highest BCUT2D eigenvalue weighted by Crippen LogP contribution is 2.25. The van der Waals surface area contributed by atoms with E-state index in [1.165, 1.54) is 13.0 Å². The van der Waals surface area contributed by atoms with Gasteiger partial charge >= 0.3 is 0 Å². The smallest absolute Gasteiger partial charge is 0.242 e. The molecule has 0 saturated carbocycles. The topological polar surface area (TPSA) is 58.2 Å². The molecule has 1 aromatic rings. The van der Waals surface area contributed by atoms with Crippen LogP contribution in [0, 0.1) is 12.7 Å². The van der Waals surface area contributed by atoms with Gasteiger partial charge in [0.25, 0.3) is 0 Å². The van der Waals surface area contributed by atoms with Crippen molar-refractivity contribution in [3.63, 3.8) is 0 Å². The fourth-order valence-electron chi connectivity index (χ4n) is 2.36. The van der Waals surface area contributed by atoms with E-state index in [0.717, 1.165) is 25.5 Å². The average molecular weight is 357 g/mol. The molecule has 1 aliphatic heterocycles. The summed E-state index contributed by atoms with van der Waals surface area (Å²) in [4.78, 5) is -0.0655. The molecule has 8 heteroatoms. The van der Waals surface area contributed by atoms with Crippen LogP contribution < -0.4 is 10.0 Å². The van der Waals surface area contributed by atoms with Crippen molar-refractivity contribution in [2.24, 2.45) is 0 Å². The van der Waals surface area contributed by atoms with Crippen molar-refractivity contribution in [2.45, 2.75) is 43.7 Å². The van der Waals surface area contributed by atoms with Crippen LogP contribution in [0.3, 0.4) is 0 Å². The first-order valence-corrected chi connectivity index (χ1v) is 8.37. The van der Waals surface area contributed by atoms with E-state index >= 15 is 0 Å². The third-order valence-electron chi connectivity index (χ3n) is 3.45. The maximum atomic E-state index is 13.3. The fourth-order valence-corrected chi connectivity index (χ4v) is 4.24. The van der Waals surface area contributed by atoms with Crippen LogP contribution in [0.25, 0.3) is 0 Å². The Morgan fingerprint density at radius 2 is 2.10 bits per heavy atom. The Hall–Kier alpha value is -0.400. The minimum atomic E-state index is -3.73. The average Bonchev–Trinajstić information content (AvgIpc) is 2.33. The van der Waals surface area contributed by atoms with Gasteiger partial charge in [0.2, 0.25) is 10.0 Å². The van der Waals surface area contributed by atoms with E-state index in [-0.39, 0.29) is 40.0 Å². The lowest BCUT2D eigenvalue weighted by atomic mass is 10.0. The van der Waals surface area contributed by atoms with Gasteiger partial charge < -0.3 is 5.32 Å². The number of hydrogen-bond acceptors (Lipinski definition) is 3. The molecule has 0 spiro atoms. The molecule has 2 unspecified atom stereocenters.